The van der Waals surface area contributed by atoms with Gasteiger partial charge in [-0.05, 0) is 20.8 Å². The Kier molecular flexibility index (Phi) is 4.06. The van der Waals surface area contributed by atoms with Crippen LogP contribution in [0.4, 0.5) is 5.13 Å². The molecule has 0 bridgehead atoms. The highest BCUT2D eigenvalue weighted by molar-refractivity contribution is 7.17. The van der Waals surface area contributed by atoms with Crippen LogP contribution in [0.5, 0.6) is 0 Å². The first-order valence-corrected chi connectivity index (χ1v) is 5.94. The molecule has 1 aromatic rings. The Labute approximate surface area is 99.8 Å². The first-order chi connectivity index (χ1) is 7.45. The summed E-state index contributed by atoms with van der Waals surface area (Å²) in [5.41, 5.74) is 7.24. The van der Waals surface area contributed by atoms with Crippen LogP contribution in [0.15, 0.2) is 12.2 Å². The van der Waals surface area contributed by atoms with Gasteiger partial charge in [-0.3, -0.25) is 4.79 Å². The van der Waals surface area contributed by atoms with Gasteiger partial charge in [-0.2, -0.15) is 0 Å². The monoisotopic (exact) mass is 239 g/mol. The normalized spacial score (nSPS) is 10.2. The molecule has 1 amide bonds. The third kappa shape index (κ3) is 2.82. The van der Waals surface area contributed by atoms with Crippen molar-refractivity contribution in [3.05, 3.63) is 22.7 Å². The zero-order valence-electron chi connectivity index (χ0n) is 9.91. The fourth-order valence-electron chi connectivity index (χ4n) is 1.41. The van der Waals surface area contributed by atoms with Crippen LogP contribution in [0.3, 0.4) is 0 Å². The Morgan fingerprint density at radius 3 is 2.62 bits per heavy atom. The number of aromatic nitrogens is 1. The van der Waals surface area contributed by atoms with Gasteiger partial charge in [-0.15, -0.1) is 0 Å². The Bertz CT molecular complexity index is 411. The number of hydrogen-bond donors (Lipinski definition) is 1. The molecule has 1 heterocycles. The number of anilines is 1. The minimum absolute atomic E-state index is 0.0165. The molecule has 5 heteroatoms. The van der Waals surface area contributed by atoms with E-state index >= 15 is 0 Å². The summed E-state index contributed by atoms with van der Waals surface area (Å²) in [4.78, 5) is 18.6. The Hall–Kier alpha value is -1.36. The first kappa shape index (κ1) is 12.7. The van der Waals surface area contributed by atoms with E-state index in [-0.39, 0.29) is 5.91 Å². The van der Waals surface area contributed by atoms with Crippen molar-refractivity contribution in [2.45, 2.75) is 20.8 Å². The molecule has 88 valence electrons. The molecule has 0 aliphatic rings. The Balaban J connectivity index is 2.91. The van der Waals surface area contributed by atoms with Crippen LogP contribution < -0.4 is 5.73 Å². The average molecular weight is 239 g/mol. The van der Waals surface area contributed by atoms with E-state index in [4.69, 9.17) is 5.73 Å². The number of likely N-dealkylation sites (N-methyl/N-ethyl adjacent to an activating group) is 1. The number of carbonyl (C=O) groups is 1. The first-order valence-electron chi connectivity index (χ1n) is 5.12. The second-order valence-corrected chi connectivity index (χ2v) is 4.77. The largest absolute Gasteiger partial charge is 0.375 e. The van der Waals surface area contributed by atoms with Gasteiger partial charge in [0, 0.05) is 13.1 Å². The van der Waals surface area contributed by atoms with Gasteiger partial charge in [0.1, 0.15) is 4.88 Å². The van der Waals surface area contributed by atoms with E-state index in [1.54, 1.807) is 11.8 Å². The molecule has 0 saturated heterocycles. The minimum Gasteiger partial charge on any atom is -0.375 e. The fourth-order valence-corrected chi connectivity index (χ4v) is 2.21. The molecule has 0 atom stereocenters. The summed E-state index contributed by atoms with van der Waals surface area (Å²) in [6, 6.07) is 0. The number of aryl methyl sites for hydroxylation is 1. The quantitative estimate of drug-likeness (QED) is 0.818. The molecule has 0 radical (unpaired) electrons. The van der Waals surface area contributed by atoms with E-state index in [2.05, 4.69) is 11.6 Å². The highest BCUT2D eigenvalue weighted by Gasteiger charge is 2.19. The predicted molar refractivity (Wildman–Crippen MR) is 67.7 cm³/mol. The van der Waals surface area contributed by atoms with Crippen LogP contribution >= 0.6 is 11.3 Å². The fraction of sp³-hybridized carbons (Fsp3) is 0.455. The van der Waals surface area contributed by atoms with Crippen molar-refractivity contribution in [1.29, 1.82) is 0 Å². The molecule has 2 N–H and O–H groups in total. The number of thiazole rings is 1. The smallest absolute Gasteiger partial charge is 0.266 e. The van der Waals surface area contributed by atoms with Crippen molar-refractivity contribution in [1.82, 2.24) is 9.88 Å². The zero-order valence-corrected chi connectivity index (χ0v) is 10.7. The number of hydrogen-bond acceptors (Lipinski definition) is 4. The van der Waals surface area contributed by atoms with E-state index in [1.165, 1.54) is 11.3 Å². The molecular weight excluding hydrogens is 222 g/mol. The average Bonchev–Trinajstić information content (AvgIpc) is 2.53. The molecule has 1 aromatic heterocycles. The van der Waals surface area contributed by atoms with E-state index in [1.807, 2.05) is 13.8 Å². The van der Waals surface area contributed by atoms with Crippen molar-refractivity contribution in [3.8, 4) is 0 Å². The van der Waals surface area contributed by atoms with Gasteiger partial charge < -0.3 is 10.6 Å². The van der Waals surface area contributed by atoms with Gasteiger partial charge in [-0.1, -0.05) is 23.5 Å². The topological polar surface area (TPSA) is 59.2 Å². The predicted octanol–water partition coefficient (Wildman–Crippen LogP) is 2.07. The van der Waals surface area contributed by atoms with Crippen LogP contribution in [0, 0.1) is 6.92 Å². The van der Waals surface area contributed by atoms with E-state index in [0.29, 0.717) is 28.8 Å². The van der Waals surface area contributed by atoms with Gasteiger partial charge in [0.25, 0.3) is 5.91 Å². The Morgan fingerprint density at radius 2 is 2.25 bits per heavy atom. The summed E-state index contributed by atoms with van der Waals surface area (Å²) < 4.78 is 0. The molecule has 1 rings (SSSR count). The third-order valence-corrected chi connectivity index (χ3v) is 3.11. The van der Waals surface area contributed by atoms with Crippen molar-refractivity contribution in [2.24, 2.45) is 0 Å². The molecule has 0 unspecified atom stereocenters. The summed E-state index contributed by atoms with van der Waals surface area (Å²) >= 11 is 1.24. The second-order valence-electron chi connectivity index (χ2n) is 3.74. The lowest BCUT2D eigenvalue weighted by atomic mass is 10.3. The molecule has 0 saturated carbocycles. The van der Waals surface area contributed by atoms with Crippen molar-refractivity contribution < 1.29 is 4.79 Å². The van der Waals surface area contributed by atoms with Crippen LogP contribution in [-0.2, 0) is 0 Å². The Morgan fingerprint density at radius 1 is 1.62 bits per heavy atom. The third-order valence-electron chi connectivity index (χ3n) is 2.14. The van der Waals surface area contributed by atoms with Crippen LogP contribution in [0.1, 0.15) is 29.2 Å². The van der Waals surface area contributed by atoms with Crippen molar-refractivity contribution in [2.75, 3.05) is 18.8 Å². The van der Waals surface area contributed by atoms with Gasteiger partial charge >= 0.3 is 0 Å². The van der Waals surface area contributed by atoms with Gasteiger partial charge in [0.05, 0.1) is 5.69 Å². The van der Waals surface area contributed by atoms with Gasteiger partial charge in [0.2, 0.25) is 0 Å². The highest BCUT2D eigenvalue weighted by atomic mass is 32.1. The van der Waals surface area contributed by atoms with Crippen LogP contribution in [0.25, 0.3) is 0 Å². The number of rotatable bonds is 4. The molecule has 0 aromatic carbocycles. The lowest BCUT2D eigenvalue weighted by molar-refractivity contribution is 0.0782. The molecule has 4 nitrogen and oxygen atoms in total. The summed E-state index contributed by atoms with van der Waals surface area (Å²) in [5, 5.41) is 0.437. The maximum absolute atomic E-state index is 12.1. The summed E-state index contributed by atoms with van der Waals surface area (Å²) in [6.07, 6.45) is 0. The molecular formula is C11H17N3OS. The van der Waals surface area contributed by atoms with Crippen molar-refractivity contribution in [3.63, 3.8) is 0 Å². The number of nitrogens with zero attached hydrogens (tertiary/aromatic N) is 2. The molecule has 0 aliphatic carbocycles. The number of nitrogen functional groups attached to an aromatic ring is 1. The summed E-state index contributed by atoms with van der Waals surface area (Å²) in [5.74, 6) is -0.0165. The minimum atomic E-state index is -0.0165. The van der Waals surface area contributed by atoms with E-state index in [0.717, 1.165) is 5.57 Å². The molecule has 0 aliphatic heterocycles. The standard InChI is InChI=1S/C11H17N3OS/c1-5-14(6-7(2)3)10(15)9-8(4)13-11(12)16-9/h2,5-6H2,1,3-4H3,(H2,12,13). The zero-order chi connectivity index (χ0) is 12.3. The van der Waals surface area contributed by atoms with E-state index in [9.17, 15) is 4.79 Å². The molecule has 0 fully saturated rings. The molecule has 16 heavy (non-hydrogen) atoms. The number of carbonyl (C=O) groups excluding carboxylic acids is 1. The van der Waals surface area contributed by atoms with Gasteiger partial charge in [-0.25, -0.2) is 4.98 Å². The lowest BCUT2D eigenvalue weighted by Crippen LogP contribution is -2.32. The molecule has 0 spiro atoms. The number of amides is 1. The van der Waals surface area contributed by atoms with E-state index < -0.39 is 0 Å². The van der Waals surface area contributed by atoms with Gasteiger partial charge in [0.15, 0.2) is 5.13 Å². The SMILES string of the molecule is C=C(C)CN(CC)C(=O)c1sc(N)nc1C. The van der Waals surface area contributed by atoms with Crippen molar-refractivity contribution >= 4 is 22.4 Å². The maximum Gasteiger partial charge on any atom is 0.266 e. The lowest BCUT2D eigenvalue weighted by Gasteiger charge is -2.20. The second kappa shape index (κ2) is 5.12. The van der Waals surface area contributed by atoms with Crippen LogP contribution in [-0.4, -0.2) is 28.9 Å². The highest BCUT2D eigenvalue weighted by Crippen LogP contribution is 2.21. The van der Waals surface area contributed by atoms with Crippen LogP contribution in [0.2, 0.25) is 0 Å². The summed E-state index contributed by atoms with van der Waals surface area (Å²) in [7, 11) is 0. The maximum atomic E-state index is 12.1. The summed E-state index contributed by atoms with van der Waals surface area (Å²) in [6.45, 7) is 10.7. The number of nitrogens with two attached hydrogens (primary N) is 1.